The van der Waals surface area contributed by atoms with E-state index in [1.165, 1.54) is 24.3 Å². The monoisotopic (exact) mass is 345 g/mol. The van der Waals surface area contributed by atoms with Crippen molar-refractivity contribution < 1.29 is 32.6 Å². The summed E-state index contributed by atoms with van der Waals surface area (Å²) in [6.07, 6.45) is -3.23. The Morgan fingerprint density at radius 3 is 2.25 bits per heavy atom. The molecular weight excluding hydrogens is 327 g/mol. The van der Waals surface area contributed by atoms with Crippen molar-refractivity contribution in [3.05, 3.63) is 29.8 Å². The molecule has 132 valence electrons. The Morgan fingerprint density at radius 2 is 1.75 bits per heavy atom. The maximum Gasteiger partial charge on any atom is 0.573 e. The number of carboxylic acids is 1. The van der Waals surface area contributed by atoms with Crippen LogP contribution >= 0.6 is 0 Å². The first-order chi connectivity index (χ1) is 11.2. The van der Waals surface area contributed by atoms with Crippen molar-refractivity contribution in [2.24, 2.45) is 5.92 Å². The largest absolute Gasteiger partial charge is 0.573 e. The van der Waals surface area contributed by atoms with Crippen molar-refractivity contribution in [3.63, 3.8) is 0 Å². The van der Waals surface area contributed by atoms with E-state index in [4.69, 9.17) is 5.11 Å². The van der Waals surface area contributed by atoms with Gasteiger partial charge in [0, 0.05) is 19.5 Å². The highest BCUT2D eigenvalue weighted by Crippen LogP contribution is 2.24. The van der Waals surface area contributed by atoms with Gasteiger partial charge in [-0.1, -0.05) is 12.1 Å². The standard InChI is InChI=1S/C16H18F3NO4/c17-16(18,19)24-13-3-1-11(2-4-13)9-14(21)20-7-5-12(6-8-20)10-15(22)23/h1-4,12H,5-10H2,(H,22,23). The Morgan fingerprint density at radius 1 is 1.17 bits per heavy atom. The van der Waals surface area contributed by atoms with E-state index in [0.29, 0.717) is 31.5 Å². The van der Waals surface area contributed by atoms with Gasteiger partial charge in [-0.05, 0) is 36.5 Å². The van der Waals surface area contributed by atoms with Crippen LogP contribution in [0.2, 0.25) is 0 Å². The lowest BCUT2D eigenvalue weighted by Crippen LogP contribution is -2.39. The van der Waals surface area contributed by atoms with Gasteiger partial charge in [-0.15, -0.1) is 13.2 Å². The van der Waals surface area contributed by atoms with Crippen molar-refractivity contribution in [2.45, 2.75) is 32.0 Å². The summed E-state index contributed by atoms with van der Waals surface area (Å²) >= 11 is 0. The maximum absolute atomic E-state index is 12.2. The van der Waals surface area contributed by atoms with Crippen LogP contribution in [0.4, 0.5) is 13.2 Å². The third kappa shape index (κ3) is 5.75. The first kappa shape index (κ1) is 18.1. The predicted octanol–water partition coefficient (Wildman–Crippen LogP) is 2.84. The number of hydrogen-bond donors (Lipinski definition) is 1. The Balaban J connectivity index is 1.83. The summed E-state index contributed by atoms with van der Waals surface area (Å²) in [7, 11) is 0. The van der Waals surface area contributed by atoms with E-state index in [1.54, 1.807) is 4.90 Å². The molecule has 1 aromatic carbocycles. The molecule has 0 atom stereocenters. The summed E-state index contributed by atoms with van der Waals surface area (Å²) in [5.41, 5.74) is 0.599. The molecule has 1 aromatic rings. The molecule has 2 rings (SSSR count). The second kappa shape index (κ2) is 7.55. The van der Waals surface area contributed by atoms with Gasteiger partial charge in [0.25, 0.3) is 0 Å². The molecule has 1 aliphatic rings. The first-order valence-electron chi connectivity index (χ1n) is 7.57. The fourth-order valence-electron chi connectivity index (χ4n) is 2.73. The number of alkyl halides is 3. The molecule has 0 aromatic heterocycles. The van der Waals surface area contributed by atoms with Crippen LogP contribution in [0.25, 0.3) is 0 Å². The Bertz CT molecular complexity index is 578. The van der Waals surface area contributed by atoms with Gasteiger partial charge >= 0.3 is 12.3 Å². The van der Waals surface area contributed by atoms with E-state index in [0.717, 1.165) is 0 Å². The number of rotatable bonds is 5. The summed E-state index contributed by atoms with van der Waals surface area (Å²) in [5, 5.41) is 8.77. The summed E-state index contributed by atoms with van der Waals surface area (Å²) in [4.78, 5) is 24.6. The van der Waals surface area contributed by atoms with Crippen LogP contribution in [0.5, 0.6) is 5.75 Å². The van der Waals surface area contributed by atoms with Crippen molar-refractivity contribution in [2.75, 3.05) is 13.1 Å². The van der Waals surface area contributed by atoms with Gasteiger partial charge in [0.1, 0.15) is 5.75 Å². The molecular formula is C16H18F3NO4. The first-order valence-corrected chi connectivity index (χ1v) is 7.57. The molecule has 0 bridgehead atoms. The molecule has 0 unspecified atom stereocenters. The van der Waals surface area contributed by atoms with Gasteiger partial charge in [0.05, 0.1) is 6.42 Å². The number of benzene rings is 1. The second-order valence-electron chi connectivity index (χ2n) is 5.79. The molecule has 0 spiro atoms. The number of hydrogen-bond acceptors (Lipinski definition) is 3. The number of nitrogens with zero attached hydrogens (tertiary/aromatic N) is 1. The Hall–Kier alpha value is -2.25. The van der Waals surface area contributed by atoms with Gasteiger partial charge in [0.2, 0.25) is 5.91 Å². The summed E-state index contributed by atoms with van der Waals surface area (Å²) in [6, 6.07) is 5.21. The Kier molecular flexibility index (Phi) is 5.69. The molecule has 0 radical (unpaired) electrons. The van der Waals surface area contributed by atoms with E-state index in [9.17, 15) is 22.8 Å². The second-order valence-corrected chi connectivity index (χ2v) is 5.79. The lowest BCUT2D eigenvalue weighted by atomic mass is 9.93. The van der Waals surface area contributed by atoms with Gasteiger partial charge in [0.15, 0.2) is 0 Å². The third-order valence-corrected chi connectivity index (χ3v) is 3.94. The van der Waals surface area contributed by atoms with Crippen LogP contribution in [0, 0.1) is 5.92 Å². The van der Waals surface area contributed by atoms with Gasteiger partial charge in [-0.2, -0.15) is 0 Å². The lowest BCUT2D eigenvalue weighted by Gasteiger charge is -2.31. The van der Waals surface area contributed by atoms with Crippen LogP contribution in [-0.2, 0) is 16.0 Å². The highest BCUT2D eigenvalue weighted by molar-refractivity contribution is 5.79. The molecule has 1 heterocycles. The molecule has 24 heavy (non-hydrogen) atoms. The average molecular weight is 345 g/mol. The van der Waals surface area contributed by atoms with Crippen molar-refractivity contribution in [1.29, 1.82) is 0 Å². The third-order valence-electron chi connectivity index (χ3n) is 3.94. The van der Waals surface area contributed by atoms with Gasteiger partial charge < -0.3 is 14.7 Å². The quantitative estimate of drug-likeness (QED) is 0.891. The Labute approximate surface area is 137 Å². The molecule has 1 fully saturated rings. The summed E-state index contributed by atoms with van der Waals surface area (Å²) in [5.74, 6) is -1.19. The number of halogens is 3. The van der Waals surface area contributed by atoms with Crippen molar-refractivity contribution in [3.8, 4) is 5.75 Å². The minimum atomic E-state index is -4.74. The molecule has 1 N–H and O–H groups in total. The van der Waals surface area contributed by atoms with E-state index in [1.807, 2.05) is 0 Å². The molecule has 0 aliphatic carbocycles. The van der Waals surface area contributed by atoms with Crippen molar-refractivity contribution in [1.82, 2.24) is 4.90 Å². The van der Waals surface area contributed by atoms with E-state index in [2.05, 4.69) is 4.74 Å². The minimum absolute atomic E-state index is 0.0883. The molecule has 5 nitrogen and oxygen atoms in total. The van der Waals surface area contributed by atoms with Crippen LogP contribution < -0.4 is 4.74 Å². The number of carboxylic acid groups (broad SMARTS) is 1. The molecule has 8 heteroatoms. The zero-order chi connectivity index (χ0) is 17.7. The number of piperidine rings is 1. The molecule has 0 saturated carbocycles. The number of aliphatic carboxylic acids is 1. The smallest absolute Gasteiger partial charge is 0.481 e. The molecule has 1 saturated heterocycles. The molecule has 1 amide bonds. The van der Waals surface area contributed by atoms with E-state index >= 15 is 0 Å². The normalized spacial score (nSPS) is 16.0. The van der Waals surface area contributed by atoms with Crippen LogP contribution in [0.3, 0.4) is 0 Å². The van der Waals surface area contributed by atoms with Crippen LogP contribution in [0.15, 0.2) is 24.3 Å². The predicted molar refractivity (Wildman–Crippen MR) is 78.4 cm³/mol. The highest BCUT2D eigenvalue weighted by Gasteiger charge is 2.31. The van der Waals surface area contributed by atoms with Crippen molar-refractivity contribution >= 4 is 11.9 Å². The highest BCUT2D eigenvalue weighted by atomic mass is 19.4. The topological polar surface area (TPSA) is 66.8 Å². The number of amides is 1. The molecule has 1 aliphatic heterocycles. The summed E-state index contributed by atoms with van der Waals surface area (Å²) in [6.45, 7) is 1.01. The lowest BCUT2D eigenvalue weighted by molar-refractivity contribution is -0.274. The van der Waals surface area contributed by atoms with Crippen LogP contribution in [0.1, 0.15) is 24.8 Å². The SMILES string of the molecule is O=C(O)CC1CCN(C(=O)Cc2ccc(OC(F)(F)F)cc2)CC1. The number of likely N-dealkylation sites (tertiary alicyclic amines) is 1. The summed E-state index contributed by atoms with van der Waals surface area (Å²) < 4.78 is 40.0. The number of carbonyl (C=O) groups excluding carboxylic acids is 1. The van der Waals surface area contributed by atoms with Gasteiger partial charge in [-0.25, -0.2) is 0 Å². The van der Waals surface area contributed by atoms with Crippen LogP contribution in [-0.4, -0.2) is 41.3 Å². The fraction of sp³-hybridized carbons (Fsp3) is 0.500. The zero-order valence-corrected chi connectivity index (χ0v) is 12.9. The van der Waals surface area contributed by atoms with Gasteiger partial charge in [-0.3, -0.25) is 9.59 Å². The zero-order valence-electron chi connectivity index (χ0n) is 12.9. The minimum Gasteiger partial charge on any atom is -0.481 e. The maximum atomic E-state index is 12.2. The van der Waals surface area contributed by atoms with E-state index in [-0.39, 0.29) is 30.4 Å². The fourth-order valence-corrected chi connectivity index (χ4v) is 2.73. The number of carbonyl (C=O) groups is 2. The van der Waals surface area contributed by atoms with E-state index < -0.39 is 12.3 Å². The average Bonchev–Trinajstić information content (AvgIpc) is 2.48. The number of ether oxygens (including phenoxy) is 1.